The second-order valence-electron chi connectivity index (χ2n) is 7.43. The van der Waals surface area contributed by atoms with Crippen molar-refractivity contribution in [3.8, 4) is 11.4 Å². The predicted molar refractivity (Wildman–Crippen MR) is 104 cm³/mol. The van der Waals surface area contributed by atoms with Crippen LogP contribution in [-0.4, -0.2) is 43.4 Å². The first kappa shape index (κ1) is 17.2. The molecule has 2 atom stereocenters. The molecule has 5 heterocycles. The fourth-order valence-electron chi connectivity index (χ4n) is 4.42. The number of piperidine rings is 1. The van der Waals surface area contributed by atoms with Crippen molar-refractivity contribution in [1.82, 2.24) is 24.4 Å². The van der Waals surface area contributed by atoms with Gasteiger partial charge in [0.1, 0.15) is 5.82 Å². The quantitative estimate of drug-likeness (QED) is 0.722. The van der Waals surface area contributed by atoms with Crippen molar-refractivity contribution in [2.24, 2.45) is 5.92 Å². The first-order chi connectivity index (χ1) is 13.6. The predicted octanol–water partition coefficient (Wildman–Crippen LogP) is 2.55. The number of H-pyrrole nitrogens is 1. The van der Waals surface area contributed by atoms with Crippen LogP contribution in [0, 0.1) is 5.92 Å². The van der Waals surface area contributed by atoms with Gasteiger partial charge >= 0.3 is 0 Å². The van der Waals surface area contributed by atoms with Gasteiger partial charge < -0.3 is 14.5 Å². The average molecular weight is 396 g/mol. The molecular formula is C20H18ClN5O2. The van der Waals surface area contributed by atoms with Gasteiger partial charge in [-0.05, 0) is 30.5 Å². The van der Waals surface area contributed by atoms with E-state index in [0.717, 1.165) is 12.1 Å². The Balaban J connectivity index is 1.46. The number of amides is 1. The highest BCUT2D eigenvalue weighted by Crippen LogP contribution is 2.36. The van der Waals surface area contributed by atoms with E-state index in [2.05, 4.69) is 15.0 Å². The summed E-state index contributed by atoms with van der Waals surface area (Å²) in [5.41, 5.74) is 2.03. The van der Waals surface area contributed by atoms with E-state index >= 15 is 0 Å². The van der Waals surface area contributed by atoms with Gasteiger partial charge in [-0.3, -0.25) is 14.6 Å². The van der Waals surface area contributed by atoms with Crippen LogP contribution in [0.2, 0.25) is 5.02 Å². The van der Waals surface area contributed by atoms with Gasteiger partial charge in [-0.15, -0.1) is 0 Å². The number of hydrogen-bond acceptors (Lipinski definition) is 4. The van der Waals surface area contributed by atoms with Gasteiger partial charge in [0.25, 0.3) is 11.5 Å². The van der Waals surface area contributed by atoms with Crippen LogP contribution in [0.15, 0.2) is 47.8 Å². The third-order valence-corrected chi connectivity index (χ3v) is 5.80. The van der Waals surface area contributed by atoms with Crippen molar-refractivity contribution in [3.63, 3.8) is 0 Å². The maximum absolute atomic E-state index is 13.0. The molecule has 3 aromatic rings. The molecule has 0 spiro atoms. The van der Waals surface area contributed by atoms with Crippen LogP contribution < -0.4 is 5.56 Å². The fraction of sp³-hybridized carbons (Fsp3) is 0.300. The molecule has 0 aliphatic carbocycles. The zero-order valence-corrected chi connectivity index (χ0v) is 15.8. The summed E-state index contributed by atoms with van der Waals surface area (Å²) in [4.78, 5) is 39.0. The number of carbonyl (C=O) groups is 1. The highest BCUT2D eigenvalue weighted by atomic mass is 35.5. The number of imidazole rings is 1. The maximum atomic E-state index is 13.0. The minimum absolute atomic E-state index is 0.0269. The van der Waals surface area contributed by atoms with Gasteiger partial charge in [0, 0.05) is 56.0 Å². The molecule has 8 heteroatoms. The Kier molecular flexibility index (Phi) is 4.05. The number of nitrogens with one attached hydrogen (secondary N) is 1. The lowest BCUT2D eigenvalue weighted by molar-refractivity contribution is 0.0594. The molecule has 2 aliphatic heterocycles. The fourth-order valence-corrected chi connectivity index (χ4v) is 4.59. The van der Waals surface area contributed by atoms with Crippen LogP contribution in [-0.2, 0) is 6.54 Å². The molecule has 142 valence electrons. The second kappa shape index (κ2) is 6.60. The lowest BCUT2D eigenvalue weighted by Crippen LogP contribution is -2.49. The highest BCUT2D eigenvalue weighted by molar-refractivity contribution is 6.30. The Bertz CT molecular complexity index is 1110. The molecule has 5 rings (SSSR count). The Morgan fingerprint density at radius 1 is 1.21 bits per heavy atom. The minimum atomic E-state index is -0.0623. The Morgan fingerprint density at radius 3 is 2.89 bits per heavy atom. The molecule has 3 aromatic heterocycles. The lowest BCUT2D eigenvalue weighted by atomic mass is 9.82. The van der Waals surface area contributed by atoms with Crippen LogP contribution in [0.5, 0.6) is 0 Å². The molecule has 1 fully saturated rings. The van der Waals surface area contributed by atoms with Crippen LogP contribution >= 0.6 is 11.6 Å². The topological polar surface area (TPSA) is 83.9 Å². The lowest BCUT2D eigenvalue weighted by Gasteiger charge is -2.42. The van der Waals surface area contributed by atoms with E-state index in [1.54, 1.807) is 24.7 Å². The van der Waals surface area contributed by atoms with Crippen molar-refractivity contribution in [2.75, 3.05) is 13.1 Å². The molecule has 2 bridgehead atoms. The van der Waals surface area contributed by atoms with Crippen LogP contribution in [0.3, 0.4) is 0 Å². The van der Waals surface area contributed by atoms with Gasteiger partial charge in [0.15, 0.2) is 0 Å². The van der Waals surface area contributed by atoms with Crippen molar-refractivity contribution in [2.45, 2.75) is 18.9 Å². The van der Waals surface area contributed by atoms with Gasteiger partial charge in [-0.1, -0.05) is 11.6 Å². The summed E-state index contributed by atoms with van der Waals surface area (Å²) >= 11 is 5.99. The van der Waals surface area contributed by atoms with E-state index in [0.29, 0.717) is 41.6 Å². The van der Waals surface area contributed by atoms with E-state index in [1.165, 1.54) is 6.20 Å². The molecule has 7 nitrogen and oxygen atoms in total. The van der Waals surface area contributed by atoms with Crippen molar-refractivity contribution < 1.29 is 4.79 Å². The Morgan fingerprint density at radius 2 is 2.11 bits per heavy atom. The Hall–Kier alpha value is -2.93. The van der Waals surface area contributed by atoms with Crippen molar-refractivity contribution in [1.29, 1.82) is 0 Å². The number of pyridine rings is 2. The molecular weight excluding hydrogens is 378 g/mol. The van der Waals surface area contributed by atoms with Gasteiger partial charge in [0.05, 0.1) is 16.1 Å². The Labute approximate surface area is 166 Å². The summed E-state index contributed by atoms with van der Waals surface area (Å²) in [6, 6.07) is 5.47. The summed E-state index contributed by atoms with van der Waals surface area (Å²) in [5, 5.41) is 0.449. The molecule has 0 unspecified atom stereocenters. The monoisotopic (exact) mass is 395 g/mol. The van der Waals surface area contributed by atoms with E-state index in [4.69, 9.17) is 11.6 Å². The number of hydrogen-bond donors (Lipinski definition) is 1. The minimum Gasteiger partial charge on any atom is -0.344 e. The van der Waals surface area contributed by atoms with Gasteiger partial charge in [-0.2, -0.15) is 0 Å². The second-order valence-corrected chi connectivity index (χ2v) is 7.86. The molecule has 1 saturated heterocycles. The van der Waals surface area contributed by atoms with Crippen LogP contribution in [0.25, 0.3) is 11.4 Å². The molecule has 0 aromatic carbocycles. The van der Waals surface area contributed by atoms with Gasteiger partial charge in [0.2, 0.25) is 0 Å². The molecule has 28 heavy (non-hydrogen) atoms. The van der Waals surface area contributed by atoms with Gasteiger partial charge in [-0.25, -0.2) is 4.98 Å². The average Bonchev–Trinajstić information content (AvgIpc) is 3.22. The number of likely N-dealkylation sites (tertiary alicyclic amines) is 1. The third-order valence-electron chi connectivity index (χ3n) is 5.60. The zero-order valence-electron chi connectivity index (χ0n) is 15.0. The molecule has 1 N–H and O–H groups in total. The maximum Gasteiger partial charge on any atom is 0.261 e. The summed E-state index contributed by atoms with van der Waals surface area (Å²) in [6.45, 7) is 1.82. The third kappa shape index (κ3) is 2.82. The number of carbonyl (C=O) groups excluding carboxylic acids is 1. The standard InChI is InChI=1S/C20H18ClN5O2/c21-15-6-13(7-22-8-15)19(27)25-9-12-5-14(11-25)17-2-1-16(18-23-3-4-24-18)20(28)26(17)10-12/h1-4,6-8,12,14H,5,9-11H2,(H,23,24)/t12-,14+/m0/s1. The summed E-state index contributed by atoms with van der Waals surface area (Å²) in [6.07, 6.45) is 7.40. The van der Waals surface area contributed by atoms with Crippen molar-refractivity contribution >= 4 is 17.5 Å². The SMILES string of the molecule is O=C(c1cncc(Cl)c1)N1C[C@@H]2C[C@H](C1)c1ccc(-c3ncc[nH]3)c(=O)n1C2. The largest absolute Gasteiger partial charge is 0.344 e. The summed E-state index contributed by atoms with van der Waals surface area (Å²) in [5.74, 6) is 0.905. The number of aromatic nitrogens is 4. The summed E-state index contributed by atoms with van der Waals surface area (Å²) < 4.78 is 1.86. The number of aromatic amines is 1. The molecule has 2 aliphatic rings. The number of nitrogens with zero attached hydrogens (tertiary/aromatic N) is 4. The normalized spacial score (nSPS) is 20.7. The number of halogens is 1. The first-order valence-electron chi connectivity index (χ1n) is 9.23. The smallest absolute Gasteiger partial charge is 0.261 e. The number of fused-ring (bicyclic) bond motifs is 4. The van der Waals surface area contributed by atoms with E-state index < -0.39 is 0 Å². The van der Waals surface area contributed by atoms with Crippen LogP contribution in [0.4, 0.5) is 0 Å². The molecule has 1 amide bonds. The van der Waals surface area contributed by atoms with E-state index in [1.807, 2.05) is 21.6 Å². The molecule has 0 saturated carbocycles. The van der Waals surface area contributed by atoms with E-state index in [9.17, 15) is 9.59 Å². The van der Waals surface area contributed by atoms with Crippen molar-refractivity contribution in [3.05, 3.63) is 69.6 Å². The molecule has 0 radical (unpaired) electrons. The summed E-state index contributed by atoms with van der Waals surface area (Å²) in [7, 11) is 0. The van der Waals surface area contributed by atoms with Crippen LogP contribution in [0.1, 0.15) is 28.4 Å². The van der Waals surface area contributed by atoms with E-state index in [-0.39, 0.29) is 23.3 Å². The first-order valence-corrected chi connectivity index (χ1v) is 9.61. The number of rotatable bonds is 2. The zero-order chi connectivity index (χ0) is 19.3. The highest BCUT2D eigenvalue weighted by Gasteiger charge is 2.37.